The Kier molecular flexibility index (Phi) is 5.64. The van der Waals surface area contributed by atoms with Gasteiger partial charge in [0.1, 0.15) is 5.00 Å². The molecule has 34 heavy (non-hydrogen) atoms. The number of hydrogen-bond donors (Lipinski definition) is 1. The van der Waals surface area contributed by atoms with E-state index in [1.165, 1.54) is 28.7 Å². The molecule has 176 valence electrons. The largest absolute Gasteiger partial charge is 0.462 e. The van der Waals surface area contributed by atoms with E-state index in [2.05, 4.69) is 15.4 Å². The van der Waals surface area contributed by atoms with Crippen molar-refractivity contribution in [2.75, 3.05) is 11.9 Å². The Hall–Kier alpha value is -3.25. The van der Waals surface area contributed by atoms with Crippen LogP contribution < -0.4 is 5.32 Å². The van der Waals surface area contributed by atoms with Crippen molar-refractivity contribution in [1.82, 2.24) is 14.6 Å². The zero-order valence-electron chi connectivity index (χ0n) is 17.7. The summed E-state index contributed by atoms with van der Waals surface area (Å²) in [4.78, 5) is 31.3. The van der Waals surface area contributed by atoms with Crippen molar-refractivity contribution in [3.63, 3.8) is 0 Å². The zero-order valence-corrected chi connectivity index (χ0v) is 19.4. The Labute approximate surface area is 199 Å². The molecule has 0 radical (unpaired) electrons. The summed E-state index contributed by atoms with van der Waals surface area (Å²) in [7, 11) is 0. The number of halogens is 3. The summed E-state index contributed by atoms with van der Waals surface area (Å²) in [5.41, 5.74) is -0.0866. The zero-order chi connectivity index (χ0) is 24.0. The average Bonchev–Trinajstić information content (AvgIpc) is 3.54. The molecule has 0 fully saturated rings. The quantitative estimate of drug-likeness (QED) is 0.364. The summed E-state index contributed by atoms with van der Waals surface area (Å²) in [5.74, 6) is -1.27. The van der Waals surface area contributed by atoms with Crippen LogP contribution in [0.5, 0.6) is 0 Å². The number of alkyl halides is 3. The molecule has 1 aliphatic carbocycles. The van der Waals surface area contributed by atoms with Crippen LogP contribution in [0.2, 0.25) is 0 Å². The van der Waals surface area contributed by atoms with E-state index in [0.717, 1.165) is 29.3 Å². The van der Waals surface area contributed by atoms with Gasteiger partial charge in [-0.3, -0.25) is 4.79 Å². The molecule has 7 nitrogen and oxygen atoms in total. The van der Waals surface area contributed by atoms with E-state index in [9.17, 15) is 22.8 Å². The van der Waals surface area contributed by atoms with Gasteiger partial charge in [0.15, 0.2) is 17.0 Å². The van der Waals surface area contributed by atoms with Crippen molar-refractivity contribution in [1.29, 1.82) is 0 Å². The van der Waals surface area contributed by atoms with Gasteiger partial charge in [0.25, 0.3) is 5.91 Å². The lowest BCUT2D eigenvalue weighted by Gasteiger charge is -2.10. The third-order valence-corrected chi connectivity index (χ3v) is 7.45. The maximum atomic E-state index is 13.8. The molecule has 1 amide bonds. The fourth-order valence-corrected chi connectivity index (χ4v) is 5.88. The Morgan fingerprint density at radius 2 is 2.09 bits per heavy atom. The molecule has 0 spiro atoms. The topological polar surface area (TPSA) is 85.6 Å². The highest BCUT2D eigenvalue weighted by Crippen LogP contribution is 2.40. The fraction of sp³-hybridized carbons (Fsp3) is 0.273. The van der Waals surface area contributed by atoms with Crippen LogP contribution in [0.4, 0.5) is 18.2 Å². The van der Waals surface area contributed by atoms with Crippen molar-refractivity contribution < 1.29 is 27.5 Å². The van der Waals surface area contributed by atoms with Crippen molar-refractivity contribution in [3.8, 4) is 10.6 Å². The van der Waals surface area contributed by atoms with E-state index in [1.54, 1.807) is 24.4 Å². The molecule has 1 N–H and O–H groups in total. The van der Waals surface area contributed by atoms with Gasteiger partial charge in [-0.15, -0.1) is 22.7 Å². The van der Waals surface area contributed by atoms with E-state index in [0.29, 0.717) is 26.4 Å². The number of anilines is 1. The molecule has 0 saturated heterocycles. The molecule has 12 heteroatoms. The molecule has 0 saturated carbocycles. The number of esters is 1. The van der Waals surface area contributed by atoms with Gasteiger partial charge in [0.05, 0.1) is 22.7 Å². The fourth-order valence-electron chi connectivity index (χ4n) is 3.92. The molecule has 1 aliphatic rings. The molecule has 0 bridgehead atoms. The van der Waals surface area contributed by atoms with Crippen LogP contribution in [-0.2, 0) is 23.8 Å². The predicted octanol–water partition coefficient (Wildman–Crippen LogP) is 5.46. The monoisotopic (exact) mass is 506 g/mol. The molecule has 0 unspecified atom stereocenters. The van der Waals surface area contributed by atoms with Crippen molar-refractivity contribution in [2.45, 2.75) is 32.4 Å². The van der Waals surface area contributed by atoms with Gasteiger partial charge in [0.2, 0.25) is 0 Å². The van der Waals surface area contributed by atoms with Crippen LogP contribution >= 0.6 is 22.7 Å². The van der Waals surface area contributed by atoms with Gasteiger partial charge >= 0.3 is 12.1 Å². The van der Waals surface area contributed by atoms with Crippen LogP contribution in [0.15, 0.2) is 29.6 Å². The van der Waals surface area contributed by atoms with Gasteiger partial charge < -0.3 is 10.1 Å². The summed E-state index contributed by atoms with van der Waals surface area (Å²) in [5, 5.41) is 8.59. The molecule has 4 heterocycles. The normalized spacial score (nSPS) is 13.3. The van der Waals surface area contributed by atoms with Gasteiger partial charge in [-0.25, -0.2) is 14.3 Å². The van der Waals surface area contributed by atoms with Crippen LogP contribution in [0, 0.1) is 0 Å². The number of amides is 1. The second-order valence-corrected chi connectivity index (χ2v) is 9.59. The minimum atomic E-state index is -4.71. The number of carbonyl (C=O) groups excluding carboxylic acids is 2. The summed E-state index contributed by atoms with van der Waals surface area (Å²) in [6, 6.07) is 5.50. The lowest BCUT2D eigenvalue weighted by Crippen LogP contribution is -2.17. The first-order chi connectivity index (χ1) is 16.3. The number of aromatic nitrogens is 3. The molecular weight excluding hydrogens is 489 g/mol. The molecule has 0 aromatic carbocycles. The number of ether oxygens (including phenoxy) is 1. The smallest absolute Gasteiger partial charge is 0.433 e. The van der Waals surface area contributed by atoms with E-state index in [1.807, 2.05) is 0 Å². The van der Waals surface area contributed by atoms with Crippen LogP contribution in [-0.4, -0.2) is 33.1 Å². The van der Waals surface area contributed by atoms with E-state index >= 15 is 0 Å². The molecule has 0 aliphatic heterocycles. The molecule has 4 aromatic rings. The summed E-state index contributed by atoms with van der Waals surface area (Å²) >= 11 is 2.54. The number of nitrogens with one attached hydrogen (secondary N) is 1. The average molecular weight is 507 g/mol. The third-order valence-electron chi connectivity index (χ3n) is 5.35. The highest BCUT2D eigenvalue weighted by molar-refractivity contribution is 7.17. The maximum absolute atomic E-state index is 13.8. The SMILES string of the molecule is CCOC(=O)c1c(NC(=O)c2cc3nc(-c4cccs4)cc(C(F)(F)F)n3n2)sc2c1CCC2. The number of carbonyl (C=O) groups is 2. The van der Waals surface area contributed by atoms with Gasteiger partial charge in [-0.2, -0.15) is 18.3 Å². The van der Waals surface area contributed by atoms with Gasteiger partial charge in [-0.05, 0) is 49.3 Å². The Morgan fingerprint density at radius 1 is 1.26 bits per heavy atom. The van der Waals surface area contributed by atoms with Gasteiger partial charge in [-0.1, -0.05) is 6.07 Å². The molecule has 5 rings (SSSR count). The van der Waals surface area contributed by atoms with E-state index < -0.39 is 23.7 Å². The highest BCUT2D eigenvalue weighted by Gasteiger charge is 2.36. The second kappa shape index (κ2) is 8.51. The number of fused-ring (bicyclic) bond motifs is 2. The molecule has 0 atom stereocenters. The minimum Gasteiger partial charge on any atom is -0.462 e. The summed E-state index contributed by atoms with van der Waals surface area (Å²) in [6.07, 6.45) is -2.30. The standard InChI is InChI=1S/C22H17F3N4O3S2/c1-2-32-21(31)18-11-5-3-6-14(11)34-20(18)27-19(30)13-10-17-26-12(15-7-4-8-33-15)9-16(22(23,24)25)29(17)28-13/h4,7-10H,2-3,5-6H2,1H3,(H,27,30). The maximum Gasteiger partial charge on any atom is 0.433 e. The first-order valence-electron chi connectivity index (χ1n) is 10.4. The van der Waals surface area contributed by atoms with Crippen molar-refractivity contribution >= 4 is 45.2 Å². The number of nitrogens with zero attached hydrogens (tertiary/aromatic N) is 3. The molecular formula is C22H17F3N4O3S2. The Bertz CT molecular complexity index is 1410. The number of aryl methyl sites for hydroxylation is 1. The predicted molar refractivity (Wildman–Crippen MR) is 122 cm³/mol. The summed E-state index contributed by atoms with van der Waals surface area (Å²) < 4.78 is 47.1. The van der Waals surface area contributed by atoms with Crippen molar-refractivity contribution in [2.24, 2.45) is 0 Å². The number of hydrogen-bond acceptors (Lipinski definition) is 7. The minimum absolute atomic E-state index is 0.109. The van der Waals surface area contributed by atoms with E-state index in [-0.39, 0.29) is 23.6 Å². The third kappa shape index (κ3) is 3.96. The lowest BCUT2D eigenvalue weighted by molar-refractivity contribution is -0.142. The first kappa shape index (κ1) is 22.5. The second-order valence-electron chi connectivity index (χ2n) is 7.54. The lowest BCUT2D eigenvalue weighted by atomic mass is 10.1. The summed E-state index contributed by atoms with van der Waals surface area (Å²) in [6.45, 7) is 1.87. The van der Waals surface area contributed by atoms with Gasteiger partial charge in [0, 0.05) is 10.9 Å². The Balaban J connectivity index is 1.53. The van der Waals surface area contributed by atoms with Crippen LogP contribution in [0.25, 0.3) is 16.2 Å². The molecule has 4 aromatic heterocycles. The highest BCUT2D eigenvalue weighted by atomic mass is 32.1. The van der Waals surface area contributed by atoms with E-state index in [4.69, 9.17) is 4.74 Å². The van der Waals surface area contributed by atoms with Crippen molar-refractivity contribution in [3.05, 3.63) is 57.0 Å². The number of thiophene rings is 2. The first-order valence-corrected chi connectivity index (χ1v) is 12.1. The van der Waals surface area contributed by atoms with Crippen LogP contribution in [0.1, 0.15) is 50.3 Å². The number of rotatable bonds is 5. The van der Waals surface area contributed by atoms with Crippen LogP contribution in [0.3, 0.4) is 0 Å². The Morgan fingerprint density at radius 3 is 2.79 bits per heavy atom.